The number of imide groups is 1. The summed E-state index contributed by atoms with van der Waals surface area (Å²) in [6.07, 6.45) is 0.410. The summed E-state index contributed by atoms with van der Waals surface area (Å²) in [5, 5.41) is 14.8. The van der Waals surface area contributed by atoms with Crippen molar-refractivity contribution in [2.45, 2.75) is 18.2 Å². The van der Waals surface area contributed by atoms with Gasteiger partial charge in [0.25, 0.3) is 16.8 Å². The lowest BCUT2D eigenvalue weighted by molar-refractivity contribution is -0.384. The standard InChI is InChI=1S/C18H15N3O5S/c22-16(19-10-12-3-7-14(8-4-12)21(25)26)13-5-1-11(2-6-13)9-15-17(23)20-18(24)27-15/h1-8,15H,9-10H2,(H,19,22)(H,20,23,24). The van der Waals surface area contributed by atoms with Gasteiger partial charge < -0.3 is 5.32 Å². The Morgan fingerprint density at radius 3 is 2.26 bits per heavy atom. The van der Waals surface area contributed by atoms with Crippen LogP contribution in [0, 0.1) is 10.1 Å². The van der Waals surface area contributed by atoms with Crippen molar-refractivity contribution in [3.63, 3.8) is 0 Å². The van der Waals surface area contributed by atoms with Crippen LogP contribution in [0.1, 0.15) is 21.5 Å². The average molecular weight is 385 g/mol. The molecule has 0 bridgehead atoms. The predicted molar refractivity (Wildman–Crippen MR) is 99.3 cm³/mol. The number of nitro benzene ring substituents is 1. The van der Waals surface area contributed by atoms with Gasteiger partial charge in [-0.05, 0) is 29.7 Å². The minimum atomic E-state index is -0.479. The van der Waals surface area contributed by atoms with Crippen molar-refractivity contribution in [1.82, 2.24) is 10.6 Å². The van der Waals surface area contributed by atoms with Gasteiger partial charge in [0.05, 0.1) is 10.2 Å². The average Bonchev–Trinajstić information content (AvgIpc) is 2.97. The van der Waals surface area contributed by atoms with Gasteiger partial charge in [-0.2, -0.15) is 0 Å². The second-order valence-corrected chi connectivity index (χ2v) is 7.07. The maximum Gasteiger partial charge on any atom is 0.286 e. The monoisotopic (exact) mass is 385 g/mol. The van der Waals surface area contributed by atoms with Crippen LogP contribution >= 0.6 is 11.8 Å². The molecule has 0 saturated carbocycles. The summed E-state index contributed by atoms with van der Waals surface area (Å²) in [6.45, 7) is 0.250. The summed E-state index contributed by atoms with van der Waals surface area (Å²) < 4.78 is 0. The second kappa shape index (κ2) is 8.00. The van der Waals surface area contributed by atoms with E-state index in [1.807, 2.05) is 0 Å². The zero-order chi connectivity index (χ0) is 19.4. The number of carbonyl (C=O) groups excluding carboxylic acids is 3. The van der Waals surface area contributed by atoms with Gasteiger partial charge in [0, 0.05) is 24.2 Å². The number of rotatable bonds is 6. The van der Waals surface area contributed by atoms with Gasteiger partial charge in [-0.15, -0.1) is 0 Å². The molecular formula is C18H15N3O5S. The summed E-state index contributed by atoms with van der Waals surface area (Å²) in [5.41, 5.74) is 2.06. The summed E-state index contributed by atoms with van der Waals surface area (Å²) in [4.78, 5) is 45.1. The molecule has 2 N–H and O–H groups in total. The van der Waals surface area contributed by atoms with Crippen LogP contribution in [0.5, 0.6) is 0 Å². The molecule has 2 aromatic rings. The summed E-state index contributed by atoms with van der Waals surface area (Å²) in [6, 6.07) is 12.8. The van der Waals surface area contributed by atoms with E-state index in [-0.39, 0.29) is 29.3 Å². The first-order valence-corrected chi connectivity index (χ1v) is 8.92. The molecule has 138 valence electrons. The highest BCUT2D eigenvalue weighted by Gasteiger charge is 2.31. The predicted octanol–water partition coefficient (Wildman–Crippen LogP) is 2.42. The molecule has 1 aliphatic heterocycles. The normalized spacial score (nSPS) is 16.1. The van der Waals surface area contributed by atoms with E-state index >= 15 is 0 Å². The fourth-order valence-electron chi connectivity index (χ4n) is 2.55. The Morgan fingerprint density at radius 1 is 1.07 bits per heavy atom. The highest BCUT2D eigenvalue weighted by molar-refractivity contribution is 8.15. The molecule has 3 amide bonds. The number of nitrogens with zero attached hydrogens (tertiary/aromatic N) is 1. The van der Waals surface area contributed by atoms with Crippen LogP contribution in [0.2, 0.25) is 0 Å². The topological polar surface area (TPSA) is 118 Å². The van der Waals surface area contributed by atoms with E-state index in [0.29, 0.717) is 12.0 Å². The summed E-state index contributed by atoms with van der Waals surface area (Å²) in [5.74, 6) is -0.571. The van der Waals surface area contributed by atoms with E-state index in [0.717, 1.165) is 22.9 Å². The quantitative estimate of drug-likeness (QED) is 0.582. The van der Waals surface area contributed by atoms with Crippen molar-refractivity contribution in [1.29, 1.82) is 0 Å². The van der Waals surface area contributed by atoms with Crippen LogP contribution in [-0.4, -0.2) is 27.2 Å². The first-order valence-electron chi connectivity index (χ1n) is 8.04. The van der Waals surface area contributed by atoms with Gasteiger partial charge in [0.2, 0.25) is 5.91 Å². The van der Waals surface area contributed by atoms with Crippen LogP contribution < -0.4 is 10.6 Å². The molecule has 1 heterocycles. The minimum absolute atomic E-state index is 0.00327. The Bertz CT molecular complexity index is 896. The zero-order valence-electron chi connectivity index (χ0n) is 14.0. The molecule has 1 unspecified atom stereocenters. The number of non-ortho nitro benzene ring substituents is 1. The van der Waals surface area contributed by atoms with Gasteiger partial charge in [-0.25, -0.2) is 0 Å². The number of amides is 3. The SMILES string of the molecule is O=C1NC(=O)C(Cc2ccc(C(=O)NCc3ccc([N+](=O)[O-])cc3)cc2)S1. The van der Waals surface area contributed by atoms with Crippen LogP contribution in [0.3, 0.4) is 0 Å². The molecule has 0 aliphatic carbocycles. The lowest BCUT2D eigenvalue weighted by Gasteiger charge is -2.08. The summed E-state index contributed by atoms with van der Waals surface area (Å²) in [7, 11) is 0. The molecule has 27 heavy (non-hydrogen) atoms. The maximum atomic E-state index is 12.2. The molecule has 0 aromatic heterocycles. The maximum absolute atomic E-state index is 12.2. The molecule has 1 atom stereocenters. The molecule has 1 saturated heterocycles. The van der Waals surface area contributed by atoms with E-state index in [1.165, 1.54) is 12.1 Å². The Labute approximate surface area is 158 Å². The van der Waals surface area contributed by atoms with Crippen molar-refractivity contribution in [2.75, 3.05) is 0 Å². The van der Waals surface area contributed by atoms with Crippen LogP contribution in [-0.2, 0) is 17.8 Å². The largest absolute Gasteiger partial charge is 0.348 e. The summed E-state index contributed by atoms with van der Waals surface area (Å²) >= 11 is 0.966. The van der Waals surface area contributed by atoms with Gasteiger partial charge in [0.15, 0.2) is 0 Å². The molecule has 8 nitrogen and oxygen atoms in total. The fourth-order valence-corrected chi connectivity index (χ4v) is 3.41. The minimum Gasteiger partial charge on any atom is -0.348 e. The highest BCUT2D eigenvalue weighted by Crippen LogP contribution is 2.23. The van der Waals surface area contributed by atoms with E-state index in [1.54, 1.807) is 36.4 Å². The fraction of sp³-hybridized carbons (Fsp3) is 0.167. The number of nitrogens with one attached hydrogen (secondary N) is 2. The van der Waals surface area contributed by atoms with Crippen molar-refractivity contribution in [3.8, 4) is 0 Å². The van der Waals surface area contributed by atoms with Gasteiger partial charge >= 0.3 is 0 Å². The third-order valence-corrected chi connectivity index (χ3v) is 4.99. The van der Waals surface area contributed by atoms with Crippen molar-refractivity contribution < 1.29 is 19.3 Å². The molecule has 3 rings (SSSR count). The van der Waals surface area contributed by atoms with Crippen LogP contribution in [0.4, 0.5) is 10.5 Å². The number of thioether (sulfide) groups is 1. The van der Waals surface area contributed by atoms with Crippen LogP contribution in [0.15, 0.2) is 48.5 Å². The Hall–Kier alpha value is -3.20. The highest BCUT2D eigenvalue weighted by atomic mass is 32.2. The first-order chi connectivity index (χ1) is 12.9. The number of nitro groups is 1. The van der Waals surface area contributed by atoms with E-state index < -0.39 is 10.2 Å². The van der Waals surface area contributed by atoms with Crippen molar-refractivity contribution in [2.24, 2.45) is 0 Å². The third-order valence-electron chi connectivity index (χ3n) is 4.00. The molecule has 1 fully saturated rings. The van der Waals surface area contributed by atoms with Crippen molar-refractivity contribution in [3.05, 3.63) is 75.3 Å². The Kier molecular flexibility index (Phi) is 5.51. The van der Waals surface area contributed by atoms with Gasteiger partial charge in [0.1, 0.15) is 0 Å². The lowest BCUT2D eigenvalue weighted by atomic mass is 10.1. The van der Waals surface area contributed by atoms with Gasteiger partial charge in [-0.1, -0.05) is 36.0 Å². The van der Waals surface area contributed by atoms with E-state index in [4.69, 9.17) is 0 Å². The van der Waals surface area contributed by atoms with Gasteiger partial charge in [-0.3, -0.25) is 29.8 Å². The second-order valence-electron chi connectivity index (χ2n) is 5.89. The number of benzene rings is 2. The number of hydrogen-bond acceptors (Lipinski definition) is 6. The van der Waals surface area contributed by atoms with Crippen LogP contribution in [0.25, 0.3) is 0 Å². The first kappa shape index (κ1) is 18.6. The molecular weight excluding hydrogens is 370 g/mol. The number of hydrogen-bond donors (Lipinski definition) is 2. The Morgan fingerprint density at radius 2 is 1.70 bits per heavy atom. The molecule has 9 heteroatoms. The molecule has 1 aliphatic rings. The third kappa shape index (κ3) is 4.70. The zero-order valence-corrected chi connectivity index (χ0v) is 14.8. The van der Waals surface area contributed by atoms with E-state index in [2.05, 4.69) is 10.6 Å². The molecule has 0 radical (unpaired) electrons. The Balaban J connectivity index is 1.55. The molecule has 0 spiro atoms. The lowest BCUT2D eigenvalue weighted by Crippen LogP contribution is -2.25. The smallest absolute Gasteiger partial charge is 0.286 e. The van der Waals surface area contributed by atoms with E-state index in [9.17, 15) is 24.5 Å². The number of carbonyl (C=O) groups is 3. The van der Waals surface area contributed by atoms with Crippen molar-refractivity contribution >= 4 is 34.5 Å². The molecule has 2 aromatic carbocycles.